The fourth-order valence-electron chi connectivity index (χ4n) is 9.42. The summed E-state index contributed by atoms with van der Waals surface area (Å²) in [5, 5.41) is 0. The molecule has 0 aliphatic rings. The number of ether oxygens (including phenoxy) is 3. The van der Waals surface area contributed by atoms with Gasteiger partial charge in [-0.2, -0.15) is 0 Å². The average Bonchev–Trinajstić information content (AvgIpc) is 3.42. The summed E-state index contributed by atoms with van der Waals surface area (Å²) in [5.74, 6) is -0.894. The third kappa shape index (κ3) is 61.7. The van der Waals surface area contributed by atoms with Gasteiger partial charge in [0.05, 0.1) is 0 Å². The van der Waals surface area contributed by atoms with Gasteiger partial charge >= 0.3 is 17.9 Å². The Bertz CT molecular complexity index is 1400. The van der Waals surface area contributed by atoms with E-state index in [9.17, 15) is 14.4 Å². The van der Waals surface area contributed by atoms with E-state index in [0.717, 1.165) is 89.9 Å². The zero-order valence-electron chi connectivity index (χ0n) is 50.5. The maximum atomic E-state index is 12.9. The molecule has 0 aliphatic carbocycles. The van der Waals surface area contributed by atoms with Crippen LogP contribution in [-0.2, 0) is 28.6 Å². The summed E-state index contributed by atoms with van der Waals surface area (Å²) in [6, 6.07) is 0. The van der Waals surface area contributed by atoms with Crippen molar-refractivity contribution >= 4 is 17.9 Å². The molecule has 0 N–H and O–H groups in total. The molecule has 1 atom stereocenters. The molecule has 0 amide bonds. The monoisotopic (exact) mass is 1060 g/mol. The number of unbranched alkanes of at least 4 members (excludes halogenated alkanes) is 37. The van der Waals surface area contributed by atoms with Gasteiger partial charge in [0.15, 0.2) is 6.10 Å². The van der Waals surface area contributed by atoms with Crippen molar-refractivity contribution in [3.63, 3.8) is 0 Å². The first-order valence-corrected chi connectivity index (χ1v) is 32.9. The predicted molar refractivity (Wildman–Crippen MR) is 330 cm³/mol. The molecule has 0 aromatic carbocycles. The summed E-state index contributed by atoms with van der Waals surface area (Å²) < 4.78 is 16.9. The van der Waals surface area contributed by atoms with Gasteiger partial charge < -0.3 is 14.2 Å². The molecule has 0 rings (SSSR count). The fraction of sp³-hybridized carbons (Fsp3) is 0.786. The van der Waals surface area contributed by atoms with Crippen LogP contribution in [0.5, 0.6) is 0 Å². The molecule has 1 unspecified atom stereocenters. The van der Waals surface area contributed by atoms with Crippen molar-refractivity contribution in [3.8, 4) is 0 Å². The summed E-state index contributed by atoms with van der Waals surface area (Å²) >= 11 is 0. The van der Waals surface area contributed by atoms with Gasteiger partial charge in [-0.3, -0.25) is 14.4 Å². The second kappa shape index (κ2) is 64.4. The van der Waals surface area contributed by atoms with Crippen LogP contribution in [-0.4, -0.2) is 37.2 Å². The van der Waals surface area contributed by atoms with Crippen LogP contribution in [0.15, 0.2) is 72.9 Å². The van der Waals surface area contributed by atoms with Gasteiger partial charge in [-0.25, -0.2) is 0 Å². The number of hydrogen-bond donors (Lipinski definition) is 0. The Morgan fingerprint density at radius 1 is 0.263 bits per heavy atom. The highest BCUT2D eigenvalue weighted by Crippen LogP contribution is 2.16. The van der Waals surface area contributed by atoms with Crippen LogP contribution in [0.3, 0.4) is 0 Å². The molecule has 440 valence electrons. The van der Waals surface area contributed by atoms with Crippen molar-refractivity contribution in [2.24, 2.45) is 0 Å². The van der Waals surface area contributed by atoms with E-state index >= 15 is 0 Å². The molecule has 0 bridgehead atoms. The third-order valence-corrected chi connectivity index (χ3v) is 14.4. The van der Waals surface area contributed by atoms with Gasteiger partial charge in [0, 0.05) is 19.3 Å². The molecular formula is C70H124O6. The molecule has 0 aromatic rings. The van der Waals surface area contributed by atoms with E-state index in [2.05, 4.69) is 93.7 Å². The lowest BCUT2D eigenvalue weighted by Crippen LogP contribution is -2.30. The van der Waals surface area contributed by atoms with Crippen LogP contribution in [0.1, 0.15) is 335 Å². The molecule has 6 heteroatoms. The lowest BCUT2D eigenvalue weighted by atomic mass is 10.1. The molecule has 0 saturated carbocycles. The second-order valence-corrected chi connectivity index (χ2v) is 22.0. The number of hydrogen-bond acceptors (Lipinski definition) is 6. The number of rotatable bonds is 60. The van der Waals surface area contributed by atoms with Crippen LogP contribution >= 0.6 is 0 Å². The minimum atomic E-state index is -0.788. The second-order valence-electron chi connectivity index (χ2n) is 22.0. The van der Waals surface area contributed by atoms with Gasteiger partial charge in [-0.1, -0.05) is 273 Å². The van der Waals surface area contributed by atoms with E-state index in [1.165, 1.54) is 205 Å². The predicted octanol–water partition coefficient (Wildman–Crippen LogP) is 22.5. The smallest absolute Gasteiger partial charge is 0.306 e. The summed E-state index contributed by atoms with van der Waals surface area (Å²) in [4.78, 5) is 38.4. The lowest BCUT2D eigenvalue weighted by molar-refractivity contribution is -0.167. The van der Waals surface area contributed by atoms with Gasteiger partial charge in [0.2, 0.25) is 0 Å². The van der Waals surface area contributed by atoms with Crippen molar-refractivity contribution < 1.29 is 28.6 Å². The van der Waals surface area contributed by atoms with E-state index in [1.54, 1.807) is 0 Å². The average molecular weight is 1060 g/mol. The van der Waals surface area contributed by atoms with Gasteiger partial charge in [0.1, 0.15) is 13.2 Å². The Hall–Kier alpha value is -3.15. The first-order chi connectivity index (χ1) is 37.5. The van der Waals surface area contributed by atoms with Gasteiger partial charge in [0.25, 0.3) is 0 Å². The molecule has 6 nitrogen and oxygen atoms in total. The molecule has 0 fully saturated rings. The van der Waals surface area contributed by atoms with E-state index < -0.39 is 6.10 Å². The molecule has 0 radical (unpaired) electrons. The van der Waals surface area contributed by atoms with E-state index in [-0.39, 0.29) is 31.1 Å². The van der Waals surface area contributed by atoms with Crippen LogP contribution in [0.2, 0.25) is 0 Å². The summed E-state index contributed by atoms with van der Waals surface area (Å²) in [6.45, 7) is 6.63. The minimum Gasteiger partial charge on any atom is -0.462 e. The maximum Gasteiger partial charge on any atom is 0.306 e. The Morgan fingerprint density at radius 3 is 0.750 bits per heavy atom. The van der Waals surface area contributed by atoms with Crippen molar-refractivity contribution in [2.75, 3.05) is 13.2 Å². The zero-order valence-corrected chi connectivity index (χ0v) is 50.5. The Kier molecular flexibility index (Phi) is 61.7. The number of carbonyl (C=O) groups excluding carboxylic acids is 3. The van der Waals surface area contributed by atoms with Crippen LogP contribution < -0.4 is 0 Å². The van der Waals surface area contributed by atoms with Crippen molar-refractivity contribution in [2.45, 2.75) is 341 Å². The Morgan fingerprint density at radius 2 is 0.474 bits per heavy atom. The highest BCUT2D eigenvalue weighted by Gasteiger charge is 2.19. The topological polar surface area (TPSA) is 78.9 Å². The molecular weight excluding hydrogens is 937 g/mol. The van der Waals surface area contributed by atoms with Crippen molar-refractivity contribution in [1.82, 2.24) is 0 Å². The maximum absolute atomic E-state index is 12.9. The first-order valence-electron chi connectivity index (χ1n) is 32.9. The highest BCUT2D eigenvalue weighted by molar-refractivity contribution is 5.71. The zero-order chi connectivity index (χ0) is 55.0. The number of carbonyl (C=O) groups is 3. The Balaban J connectivity index is 4.40. The lowest BCUT2D eigenvalue weighted by Gasteiger charge is -2.18. The van der Waals surface area contributed by atoms with Gasteiger partial charge in [-0.15, -0.1) is 0 Å². The number of esters is 3. The molecule has 76 heavy (non-hydrogen) atoms. The molecule has 0 aromatic heterocycles. The molecule has 0 heterocycles. The van der Waals surface area contributed by atoms with E-state index in [4.69, 9.17) is 14.2 Å². The van der Waals surface area contributed by atoms with Crippen LogP contribution in [0, 0.1) is 0 Å². The molecule has 0 saturated heterocycles. The summed E-state index contributed by atoms with van der Waals surface area (Å²) in [6.07, 6.45) is 83.3. The molecule has 0 aliphatic heterocycles. The fourth-order valence-corrected chi connectivity index (χ4v) is 9.42. The van der Waals surface area contributed by atoms with Crippen LogP contribution in [0.25, 0.3) is 0 Å². The van der Waals surface area contributed by atoms with E-state index in [1.807, 2.05) is 0 Å². The third-order valence-electron chi connectivity index (χ3n) is 14.4. The highest BCUT2D eigenvalue weighted by atomic mass is 16.6. The van der Waals surface area contributed by atoms with Crippen molar-refractivity contribution in [1.29, 1.82) is 0 Å². The SMILES string of the molecule is CCCCCCC/C=C\C/C=C\C/C=C\CCCCCCCCC(=O)OCC(COC(=O)CCCCCCC/C=C\CCCCCCCCC)OC(=O)CCCCCCCCCCC/C=C\C/C=C\CCCCCCC. The van der Waals surface area contributed by atoms with E-state index in [0.29, 0.717) is 19.3 Å². The summed E-state index contributed by atoms with van der Waals surface area (Å²) in [7, 11) is 0. The first kappa shape index (κ1) is 72.8. The quantitative estimate of drug-likeness (QED) is 0.0261. The normalized spacial score (nSPS) is 12.5. The van der Waals surface area contributed by atoms with Crippen molar-refractivity contribution in [3.05, 3.63) is 72.9 Å². The minimum absolute atomic E-state index is 0.0845. The summed E-state index contributed by atoms with van der Waals surface area (Å²) in [5.41, 5.74) is 0. The van der Waals surface area contributed by atoms with Gasteiger partial charge in [-0.05, 0) is 116 Å². The van der Waals surface area contributed by atoms with Crippen LogP contribution in [0.4, 0.5) is 0 Å². The number of allylic oxidation sites excluding steroid dienone is 12. The molecule has 0 spiro atoms. The largest absolute Gasteiger partial charge is 0.462 e. The standard InChI is InChI=1S/C70H124O6/c1-4-7-10-13-16-19-22-25-28-31-33-35-37-39-42-45-48-51-54-57-60-63-69(72)75-66-67(65-74-68(71)62-59-56-53-50-47-44-41-30-27-24-21-18-15-12-9-6-3)76-70(73)64-61-58-55-52-49-46-43-40-38-36-34-32-29-26-23-20-17-14-11-8-5-2/h22-23,25-26,30-34,37,39,41,67H,4-21,24,27-29,35-36,38,40,42-66H2,1-3H3/b25-22-,26-23-,33-31-,34-32-,39-37-,41-30-. The Labute approximate surface area is 472 Å².